The Labute approximate surface area is 147 Å². The molecule has 0 radical (unpaired) electrons. The highest BCUT2D eigenvalue weighted by molar-refractivity contribution is 5.99. The lowest BCUT2D eigenvalue weighted by Gasteiger charge is -2.30. The van der Waals surface area contributed by atoms with Crippen molar-refractivity contribution in [3.63, 3.8) is 0 Å². The molecule has 2 N–H and O–H groups in total. The Bertz CT molecular complexity index is 831. The zero-order valence-electron chi connectivity index (χ0n) is 14.5. The largest absolute Gasteiger partial charge is 0.481 e. The van der Waals surface area contributed by atoms with E-state index in [2.05, 4.69) is 11.9 Å². The highest BCUT2D eigenvalue weighted by Crippen LogP contribution is 2.32. The first-order chi connectivity index (χ1) is 12.0. The third-order valence-electron chi connectivity index (χ3n) is 5.81. The van der Waals surface area contributed by atoms with Crippen LogP contribution in [-0.4, -0.2) is 40.0 Å². The number of carboxylic acid groups (broad SMARTS) is 1. The molecule has 1 unspecified atom stereocenters. The average molecular weight is 340 g/mol. The minimum Gasteiger partial charge on any atom is -0.481 e. The number of amides is 1. The number of hydrogen-bond donors (Lipinski definition) is 2. The zero-order chi connectivity index (χ0) is 17.6. The number of aliphatic carboxylic acids is 1. The second kappa shape index (κ2) is 6.21. The Balaban J connectivity index is 1.58. The van der Waals surface area contributed by atoms with Gasteiger partial charge in [0.2, 0.25) is 0 Å². The lowest BCUT2D eigenvalue weighted by molar-refractivity contribution is -0.143. The molecule has 2 aromatic rings. The number of rotatable bonds is 2. The summed E-state index contributed by atoms with van der Waals surface area (Å²) in [6, 6.07) is 5.92. The number of piperidine rings is 1. The van der Waals surface area contributed by atoms with E-state index in [-0.39, 0.29) is 11.8 Å². The Morgan fingerprint density at radius 1 is 1.20 bits per heavy atom. The third-order valence-corrected chi connectivity index (χ3v) is 5.81. The van der Waals surface area contributed by atoms with Crippen LogP contribution in [0.1, 0.15) is 47.8 Å². The molecule has 5 nitrogen and oxygen atoms in total. The summed E-state index contributed by atoms with van der Waals surface area (Å²) >= 11 is 0. The van der Waals surface area contributed by atoms with E-state index in [1.807, 2.05) is 18.2 Å². The molecule has 1 aliphatic carbocycles. The molecule has 1 aromatic carbocycles. The molecule has 1 saturated heterocycles. The van der Waals surface area contributed by atoms with Crippen molar-refractivity contribution in [1.29, 1.82) is 0 Å². The number of likely N-dealkylation sites (tertiary alicyclic amines) is 1. The predicted octanol–water partition coefficient (Wildman–Crippen LogP) is 3.23. The van der Waals surface area contributed by atoms with Crippen molar-refractivity contribution in [1.82, 2.24) is 9.88 Å². The summed E-state index contributed by atoms with van der Waals surface area (Å²) in [5.74, 6) is -0.364. The number of carbonyl (C=O) groups is 2. The van der Waals surface area contributed by atoms with Crippen molar-refractivity contribution >= 4 is 22.8 Å². The van der Waals surface area contributed by atoms with Gasteiger partial charge in [-0.15, -0.1) is 0 Å². The van der Waals surface area contributed by atoms with E-state index >= 15 is 0 Å². The maximum Gasteiger partial charge on any atom is 0.306 e. The van der Waals surface area contributed by atoms with Gasteiger partial charge in [0.15, 0.2) is 0 Å². The molecule has 25 heavy (non-hydrogen) atoms. The van der Waals surface area contributed by atoms with Crippen LogP contribution in [0.3, 0.4) is 0 Å². The number of nitrogens with one attached hydrogen (secondary N) is 1. The van der Waals surface area contributed by atoms with E-state index < -0.39 is 5.97 Å². The quantitative estimate of drug-likeness (QED) is 0.881. The van der Waals surface area contributed by atoms with E-state index in [9.17, 15) is 9.59 Å². The molecule has 2 heterocycles. The Morgan fingerprint density at radius 3 is 2.68 bits per heavy atom. The zero-order valence-corrected chi connectivity index (χ0v) is 14.5. The van der Waals surface area contributed by atoms with Gasteiger partial charge in [-0.05, 0) is 61.8 Å². The first kappa shape index (κ1) is 16.2. The Hall–Kier alpha value is -2.30. The van der Waals surface area contributed by atoms with E-state index in [0.29, 0.717) is 37.4 Å². The number of benzene rings is 1. The van der Waals surface area contributed by atoms with Crippen LogP contribution in [0.25, 0.3) is 10.9 Å². The van der Waals surface area contributed by atoms with Gasteiger partial charge < -0.3 is 15.0 Å². The number of hydrogen-bond acceptors (Lipinski definition) is 2. The normalized spacial score (nSPS) is 21.3. The fourth-order valence-corrected chi connectivity index (χ4v) is 4.24. The van der Waals surface area contributed by atoms with Crippen LogP contribution in [0.15, 0.2) is 18.2 Å². The molecule has 1 aliphatic heterocycles. The SMILES string of the molecule is CC1CCc2[nH]c3ccc(C(=O)N4CCC(C(=O)O)CC4)cc3c2C1. The topological polar surface area (TPSA) is 73.4 Å². The fraction of sp³-hybridized carbons (Fsp3) is 0.500. The Morgan fingerprint density at radius 2 is 1.96 bits per heavy atom. The van der Waals surface area contributed by atoms with E-state index in [4.69, 9.17) is 5.11 Å². The predicted molar refractivity (Wildman–Crippen MR) is 95.8 cm³/mol. The molecule has 0 saturated carbocycles. The number of nitrogens with zero attached hydrogens (tertiary/aromatic N) is 1. The standard InChI is InChI=1S/C20H24N2O3/c1-12-2-4-17-15(10-12)16-11-14(3-5-18(16)21-17)19(23)22-8-6-13(7-9-22)20(24)25/h3,5,11-13,21H,2,4,6-10H2,1H3,(H,24,25). The number of carboxylic acids is 1. The maximum absolute atomic E-state index is 12.8. The van der Waals surface area contributed by atoms with Crippen LogP contribution in [0.5, 0.6) is 0 Å². The molecule has 1 fully saturated rings. The smallest absolute Gasteiger partial charge is 0.306 e. The molecule has 1 amide bonds. The minimum atomic E-state index is -0.749. The van der Waals surface area contributed by atoms with E-state index in [1.165, 1.54) is 23.1 Å². The van der Waals surface area contributed by atoms with Crippen LogP contribution in [0, 0.1) is 11.8 Å². The molecule has 0 spiro atoms. The van der Waals surface area contributed by atoms with Crippen LogP contribution in [0.4, 0.5) is 0 Å². The van der Waals surface area contributed by atoms with Gasteiger partial charge in [0.05, 0.1) is 5.92 Å². The van der Waals surface area contributed by atoms with Gasteiger partial charge in [0, 0.05) is 35.2 Å². The van der Waals surface area contributed by atoms with Gasteiger partial charge in [-0.25, -0.2) is 0 Å². The van der Waals surface area contributed by atoms with Gasteiger partial charge >= 0.3 is 5.97 Å². The van der Waals surface area contributed by atoms with Gasteiger partial charge in [-0.1, -0.05) is 6.92 Å². The van der Waals surface area contributed by atoms with Crippen molar-refractivity contribution < 1.29 is 14.7 Å². The number of aromatic nitrogens is 1. The van der Waals surface area contributed by atoms with Crippen molar-refractivity contribution in [3.8, 4) is 0 Å². The summed E-state index contributed by atoms with van der Waals surface area (Å²) in [7, 11) is 0. The molecule has 1 aromatic heterocycles. The molecular weight excluding hydrogens is 316 g/mol. The summed E-state index contributed by atoms with van der Waals surface area (Å²) in [5, 5.41) is 10.3. The number of fused-ring (bicyclic) bond motifs is 3. The molecule has 1 atom stereocenters. The molecule has 2 aliphatic rings. The van der Waals surface area contributed by atoms with Crippen molar-refractivity contribution in [2.24, 2.45) is 11.8 Å². The van der Waals surface area contributed by atoms with Crippen molar-refractivity contribution in [2.45, 2.75) is 39.0 Å². The fourth-order valence-electron chi connectivity index (χ4n) is 4.24. The summed E-state index contributed by atoms with van der Waals surface area (Å²) in [6.45, 7) is 3.33. The number of aromatic amines is 1. The van der Waals surface area contributed by atoms with Crippen molar-refractivity contribution in [2.75, 3.05) is 13.1 Å². The summed E-state index contributed by atoms with van der Waals surface area (Å²) < 4.78 is 0. The summed E-state index contributed by atoms with van der Waals surface area (Å²) in [6.07, 6.45) is 4.44. The summed E-state index contributed by atoms with van der Waals surface area (Å²) in [4.78, 5) is 29.2. The second-order valence-electron chi connectivity index (χ2n) is 7.60. The highest BCUT2D eigenvalue weighted by atomic mass is 16.4. The highest BCUT2D eigenvalue weighted by Gasteiger charge is 2.28. The maximum atomic E-state index is 12.8. The number of H-pyrrole nitrogens is 1. The van der Waals surface area contributed by atoms with Crippen molar-refractivity contribution in [3.05, 3.63) is 35.0 Å². The second-order valence-corrected chi connectivity index (χ2v) is 7.60. The molecular formula is C20H24N2O3. The van der Waals surface area contributed by atoms with Crippen LogP contribution in [-0.2, 0) is 17.6 Å². The lowest BCUT2D eigenvalue weighted by atomic mass is 9.87. The third kappa shape index (κ3) is 2.92. The average Bonchev–Trinajstić information content (AvgIpc) is 2.98. The van der Waals surface area contributed by atoms with Crippen LogP contribution < -0.4 is 0 Å². The van der Waals surface area contributed by atoms with E-state index in [0.717, 1.165) is 18.4 Å². The monoisotopic (exact) mass is 340 g/mol. The molecule has 0 bridgehead atoms. The lowest BCUT2D eigenvalue weighted by Crippen LogP contribution is -2.40. The van der Waals surface area contributed by atoms with E-state index in [1.54, 1.807) is 4.90 Å². The number of carbonyl (C=O) groups excluding carboxylic acids is 1. The first-order valence-corrected chi connectivity index (χ1v) is 9.18. The van der Waals surface area contributed by atoms with Gasteiger partial charge in [-0.3, -0.25) is 9.59 Å². The Kier molecular flexibility index (Phi) is 4.02. The molecule has 4 rings (SSSR count). The van der Waals surface area contributed by atoms with Crippen LogP contribution in [0.2, 0.25) is 0 Å². The van der Waals surface area contributed by atoms with Gasteiger partial charge in [0.1, 0.15) is 0 Å². The van der Waals surface area contributed by atoms with Gasteiger partial charge in [-0.2, -0.15) is 0 Å². The summed E-state index contributed by atoms with van der Waals surface area (Å²) in [5.41, 5.74) is 4.51. The molecule has 132 valence electrons. The molecule has 5 heteroatoms. The number of aryl methyl sites for hydroxylation is 1. The van der Waals surface area contributed by atoms with Crippen LogP contribution >= 0.6 is 0 Å². The first-order valence-electron chi connectivity index (χ1n) is 9.18. The minimum absolute atomic E-state index is 0.0181. The van der Waals surface area contributed by atoms with Gasteiger partial charge in [0.25, 0.3) is 5.91 Å².